The SMILES string of the molecule is CCCCCCOc1ccc(C(=O)Nc2ccc(C(C)=O)cc2)cc1. The molecule has 0 heterocycles. The third-order valence-corrected chi connectivity index (χ3v) is 3.93. The zero-order chi connectivity index (χ0) is 18.1. The predicted molar refractivity (Wildman–Crippen MR) is 100 cm³/mol. The number of unbranched alkanes of at least 4 members (excludes halogenated alkanes) is 3. The number of ether oxygens (including phenoxy) is 1. The highest BCUT2D eigenvalue weighted by molar-refractivity contribution is 6.04. The van der Waals surface area contributed by atoms with Gasteiger partial charge >= 0.3 is 0 Å². The fourth-order valence-electron chi connectivity index (χ4n) is 2.41. The molecule has 0 aromatic heterocycles. The van der Waals surface area contributed by atoms with Crippen LogP contribution in [0.15, 0.2) is 48.5 Å². The van der Waals surface area contributed by atoms with Crippen molar-refractivity contribution in [3.8, 4) is 5.75 Å². The second-order valence-corrected chi connectivity index (χ2v) is 6.02. The standard InChI is InChI=1S/C21H25NO3/c1-3-4-5-6-15-25-20-13-9-18(10-14-20)21(24)22-19-11-7-17(8-12-19)16(2)23/h7-14H,3-6,15H2,1-2H3,(H,22,24). The molecule has 4 heteroatoms. The molecule has 4 nitrogen and oxygen atoms in total. The van der Waals surface area contributed by atoms with Crippen molar-refractivity contribution < 1.29 is 14.3 Å². The number of anilines is 1. The summed E-state index contributed by atoms with van der Waals surface area (Å²) >= 11 is 0. The number of ketones is 1. The van der Waals surface area contributed by atoms with Crippen molar-refractivity contribution >= 4 is 17.4 Å². The molecule has 0 aliphatic carbocycles. The van der Waals surface area contributed by atoms with Gasteiger partial charge in [0.15, 0.2) is 5.78 Å². The van der Waals surface area contributed by atoms with Crippen molar-refractivity contribution in [3.63, 3.8) is 0 Å². The van der Waals surface area contributed by atoms with Gasteiger partial charge in [0.25, 0.3) is 5.91 Å². The molecule has 0 aliphatic rings. The lowest BCUT2D eigenvalue weighted by molar-refractivity contribution is 0.101. The van der Waals surface area contributed by atoms with Gasteiger partial charge in [-0.3, -0.25) is 9.59 Å². The second-order valence-electron chi connectivity index (χ2n) is 6.02. The molecule has 1 amide bonds. The molecule has 1 N–H and O–H groups in total. The molecule has 0 bridgehead atoms. The molecule has 0 fully saturated rings. The van der Waals surface area contributed by atoms with Gasteiger partial charge in [-0.25, -0.2) is 0 Å². The monoisotopic (exact) mass is 339 g/mol. The van der Waals surface area contributed by atoms with E-state index in [1.807, 2.05) is 12.1 Å². The molecule has 132 valence electrons. The molecular formula is C21H25NO3. The highest BCUT2D eigenvalue weighted by atomic mass is 16.5. The van der Waals surface area contributed by atoms with Crippen LogP contribution in [0.25, 0.3) is 0 Å². The summed E-state index contributed by atoms with van der Waals surface area (Å²) in [4.78, 5) is 23.5. The van der Waals surface area contributed by atoms with Crippen LogP contribution in [0.3, 0.4) is 0 Å². The number of hydrogen-bond acceptors (Lipinski definition) is 3. The van der Waals surface area contributed by atoms with E-state index in [-0.39, 0.29) is 11.7 Å². The van der Waals surface area contributed by atoms with E-state index in [1.165, 1.54) is 26.2 Å². The molecule has 25 heavy (non-hydrogen) atoms. The molecule has 0 aliphatic heterocycles. The van der Waals surface area contributed by atoms with E-state index in [9.17, 15) is 9.59 Å². The molecule has 0 radical (unpaired) electrons. The van der Waals surface area contributed by atoms with Gasteiger partial charge in [0, 0.05) is 16.8 Å². The number of Topliss-reactive ketones (excluding diaryl/α,β-unsaturated/α-hetero) is 1. The normalized spacial score (nSPS) is 10.3. The Labute approximate surface area is 149 Å². The van der Waals surface area contributed by atoms with Gasteiger partial charge in [-0.15, -0.1) is 0 Å². The molecule has 0 saturated heterocycles. The van der Waals surface area contributed by atoms with Crippen LogP contribution in [0.4, 0.5) is 5.69 Å². The van der Waals surface area contributed by atoms with Crippen LogP contribution in [0.5, 0.6) is 5.75 Å². The van der Waals surface area contributed by atoms with Gasteiger partial charge in [-0.05, 0) is 61.9 Å². The van der Waals surface area contributed by atoms with Crippen LogP contribution in [-0.4, -0.2) is 18.3 Å². The maximum absolute atomic E-state index is 12.3. The Morgan fingerprint density at radius 2 is 1.52 bits per heavy atom. The van der Waals surface area contributed by atoms with Crippen molar-refractivity contribution in [1.82, 2.24) is 0 Å². The summed E-state index contributed by atoms with van der Waals surface area (Å²) in [5.41, 5.74) is 1.85. The van der Waals surface area contributed by atoms with E-state index in [2.05, 4.69) is 12.2 Å². The minimum Gasteiger partial charge on any atom is -0.494 e. The first-order chi connectivity index (χ1) is 12.1. The van der Waals surface area contributed by atoms with Gasteiger partial charge in [-0.2, -0.15) is 0 Å². The zero-order valence-electron chi connectivity index (χ0n) is 14.9. The average Bonchev–Trinajstić information content (AvgIpc) is 2.62. The Bertz CT molecular complexity index is 690. The van der Waals surface area contributed by atoms with E-state index < -0.39 is 0 Å². The highest BCUT2D eigenvalue weighted by Crippen LogP contribution is 2.16. The van der Waals surface area contributed by atoms with Crippen LogP contribution in [0.1, 0.15) is 60.2 Å². The number of carbonyl (C=O) groups excluding carboxylic acids is 2. The predicted octanol–water partition coefficient (Wildman–Crippen LogP) is 5.10. The Kier molecular flexibility index (Phi) is 7.20. The summed E-state index contributed by atoms with van der Waals surface area (Å²) in [5, 5.41) is 2.82. The minimum absolute atomic E-state index is 0.00293. The van der Waals surface area contributed by atoms with Crippen LogP contribution >= 0.6 is 0 Å². The first-order valence-corrected chi connectivity index (χ1v) is 8.75. The first-order valence-electron chi connectivity index (χ1n) is 8.75. The molecule has 2 rings (SSSR count). The number of nitrogens with one attached hydrogen (secondary N) is 1. The first kappa shape index (κ1) is 18.7. The molecular weight excluding hydrogens is 314 g/mol. The largest absolute Gasteiger partial charge is 0.494 e. The topological polar surface area (TPSA) is 55.4 Å². The van der Waals surface area contributed by atoms with Crippen LogP contribution in [0.2, 0.25) is 0 Å². The lowest BCUT2D eigenvalue weighted by atomic mass is 10.1. The van der Waals surface area contributed by atoms with E-state index in [0.717, 1.165) is 12.2 Å². The maximum Gasteiger partial charge on any atom is 0.255 e. The van der Waals surface area contributed by atoms with Gasteiger partial charge in [0.05, 0.1) is 6.61 Å². The summed E-state index contributed by atoms with van der Waals surface area (Å²) in [5.74, 6) is 0.590. The van der Waals surface area contributed by atoms with Gasteiger partial charge < -0.3 is 10.1 Å². The smallest absolute Gasteiger partial charge is 0.255 e. The maximum atomic E-state index is 12.3. The summed E-state index contributed by atoms with van der Waals surface area (Å²) in [6.45, 7) is 4.40. The van der Waals surface area contributed by atoms with Crippen molar-refractivity contribution in [2.24, 2.45) is 0 Å². The van der Waals surface area contributed by atoms with E-state index >= 15 is 0 Å². The molecule has 0 saturated carbocycles. The van der Waals surface area contributed by atoms with Crippen LogP contribution < -0.4 is 10.1 Å². The Morgan fingerprint density at radius 1 is 0.880 bits per heavy atom. The van der Waals surface area contributed by atoms with E-state index in [1.54, 1.807) is 36.4 Å². The number of carbonyl (C=O) groups is 2. The van der Waals surface area contributed by atoms with E-state index in [4.69, 9.17) is 4.74 Å². The number of rotatable bonds is 9. The van der Waals surface area contributed by atoms with Gasteiger partial charge in [0.2, 0.25) is 0 Å². The summed E-state index contributed by atoms with van der Waals surface area (Å²) in [6.07, 6.45) is 4.67. The molecule has 0 atom stereocenters. The Balaban J connectivity index is 1.86. The number of amides is 1. The number of benzene rings is 2. The third-order valence-electron chi connectivity index (χ3n) is 3.93. The van der Waals surface area contributed by atoms with Gasteiger partial charge in [0.1, 0.15) is 5.75 Å². The fraction of sp³-hybridized carbons (Fsp3) is 0.333. The van der Waals surface area contributed by atoms with Crippen LogP contribution in [0, 0.1) is 0 Å². The fourth-order valence-corrected chi connectivity index (χ4v) is 2.41. The van der Waals surface area contributed by atoms with Crippen molar-refractivity contribution in [2.75, 3.05) is 11.9 Å². The van der Waals surface area contributed by atoms with Crippen molar-refractivity contribution in [3.05, 3.63) is 59.7 Å². The summed E-state index contributed by atoms with van der Waals surface area (Å²) < 4.78 is 5.68. The van der Waals surface area contributed by atoms with Crippen LogP contribution in [-0.2, 0) is 0 Å². The summed E-state index contributed by atoms with van der Waals surface area (Å²) in [7, 11) is 0. The minimum atomic E-state index is -0.190. The van der Waals surface area contributed by atoms with E-state index in [0.29, 0.717) is 23.4 Å². The zero-order valence-corrected chi connectivity index (χ0v) is 14.9. The Morgan fingerprint density at radius 3 is 2.12 bits per heavy atom. The lowest BCUT2D eigenvalue weighted by Gasteiger charge is -2.08. The Hall–Kier alpha value is -2.62. The molecule has 0 spiro atoms. The quantitative estimate of drug-likeness (QED) is 0.511. The third kappa shape index (κ3) is 6.07. The van der Waals surface area contributed by atoms with Gasteiger partial charge in [-0.1, -0.05) is 26.2 Å². The average molecular weight is 339 g/mol. The van der Waals surface area contributed by atoms with Crippen molar-refractivity contribution in [1.29, 1.82) is 0 Å². The molecule has 2 aromatic carbocycles. The highest BCUT2D eigenvalue weighted by Gasteiger charge is 2.07. The summed E-state index contributed by atoms with van der Waals surface area (Å²) in [6, 6.07) is 14.0. The number of hydrogen-bond donors (Lipinski definition) is 1. The van der Waals surface area contributed by atoms with Crippen molar-refractivity contribution in [2.45, 2.75) is 39.5 Å². The second kappa shape index (κ2) is 9.62. The molecule has 0 unspecified atom stereocenters. The molecule has 2 aromatic rings. The lowest BCUT2D eigenvalue weighted by Crippen LogP contribution is -2.11.